The predicted octanol–water partition coefficient (Wildman–Crippen LogP) is 0.532. The van der Waals surface area contributed by atoms with Crippen molar-refractivity contribution in [2.75, 3.05) is 0 Å². The van der Waals surface area contributed by atoms with Crippen LogP contribution in [0.25, 0.3) is 0 Å². The third-order valence-electron chi connectivity index (χ3n) is 1.95. The molecular formula is C10H13N3O3. The molecule has 86 valence electrons. The second-order valence-corrected chi connectivity index (χ2v) is 3.07. The van der Waals surface area contributed by atoms with Crippen LogP contribution in [0.2, 0.25) is 0 Å². The van der Waals surface area contributed by atoms with Gasteiger partial charge in [0.05, 0.1) is 6.20 Å². The molecule has 0 radical (unpaired) electrons. The van der Waals surface area contributed by atoms with Gasteiger partial charge in [-0.15, -0.1) is 0 Å². The summed E-state index contributed by atoms with van der Waals surface area (Å²) < 4.78 is 5.31. The molecule has 1 rings (SSSR count). The minimum absolute atomic E-state index is 0.0750. The second-order valence-electron chi connectivity index (χ2n) is 3.07. The first-order valence-corrected chi connectivity index (χ1v) is 4.77. The van der Waals surface area contributed by atoms with Gasteiger partial charge in [0.1, 0.15) is 11.4 Å². The summed E-state index contributed by atoms with van der Waals surface area (Å²) in [7, 11) is 0. The van der Waals surface area contributed by atoms with Gasteiger partial charge >= 0.3 is 0 Å². The molecule has 0 aromatic carbocycles. The predicted molar refractivity (Wildman–Crippen MR) is 57.5 cm³/mol. The number of carbonyl (C=O) groups excluding carboxylic acids is 1. The number of rotatable bonds is 5. The van der Waals surface area contributed by atoms with Crippen molar-refractivity contribution in [2.45, 2.75) is 19.4 Å². The zero-order valence-corrected chi connectivity index (χ0v) is 8.83. The number of amidine groups is 1. The molecule has 0 amide bonds. The number of nitrogens with zero attached hydrogens (tertiary/aromatic N) is 2. The molecule has 0 saturated carbocycles. The molecule has 0 aliphatic rings. The fraction of sp³-hybridized carbons (Fsp3) is 0.300. The summed E-state index contributed by atoms with van der Waals surface area (Å²) in [5.41, 5.74) is 5.68. The van der Waals surface area contributed by atoms with Crippen molar-refractivity contribution < 1.29 is 14.7 Å². The van der Waals surface area contributed by atoms with E-state index in [9.17, 15) is 4.79 Å². The van der Waals surface area contributed by atoms with Gasteiger partial charge in [-0.3, -0.25) is 4.79 Å². The van der Waals surface area contributed by atoms with E-state index < -0.39 is 6.10 Å². The number of aromatic nitrogens is 1. The van der Waals surface area contributed by atoms with E-state index in [4.69, 9.17) is 15.7 Å². The molecule has 1 heterocycles. The number of hydrogen-bond acceptors (Lipinski definition) is 5. The van der Waals surface area contributed by atoms with Gasteiger partial charge in [-0.2, -0.15) is 0 Å². The first-order valence-electron chi connectivity index (χ1n) is 4.77. The van der Waals surface area contributed by atoms with Gasteiger partial charge in [0.25, 0.3) is 0 Å². The van der Waals surface area contributed by atoms with Crippen LogP contribution in [-0.4, -0.2) is 28.4 Å². The van der Waals surface area contributed by atoms with Crippen molar-refractivity contribution in [3.8, 4) is 5.75 Å². The molecule has 1 atom stereocenters. The Kier molecular flexibility index (Phi) is 4.26. The fourth-order valence-corrected chi connectivity index (χ4v) is 1.03. The number of carbonyl (C=O) groups is 1. The fourth-order valence-electron chi connectivity index (χ4n) is 1.03. The molecule has 6 heteroatoms. The largest absolute Gasteiger partial charge is 0.481 e. The van der Waals surface area contributed by atoms with Crippen LogP contribution < -0.4 is 10.5 Å². The van der Waals surface area contributed by atoms with E-state index in [-0.39, 0.29) is 5.84 Å². The van der Waals surface area contributed by atoms with Crippen LogP contribution in [0.3, 0.4) is 0 Å². The lowest BCUT2D eigenvalue weighted by Gasteiger charge is -2.10. The minimum atomic E-state index is -0.475. The van der Waals surface area contributed by atoms with Gasteiger partial charge in [-0.25, -0.2) is 4.98 Å². The highest BCUT2D eigenvalue weighted by molar-refractivity contribution is 5.95. The average molecular weight is 223 g/mol. The third kappa shape index (κ3) is 2.94. The van der Waals surface area contributed by atoms with E-state index >= 15 is 0 Å². The number of ether oxygens (including phenoxy) is 1. The van der Waals surface area contributed by atoms with Gasteiger partial charge in [-0.1, -0.05) is 12.1 Å². The molecule has 0 saturated heterocycles. The number of pyridine rings is 1. The van der Waals surface area contributed by atoms with E-state index in [0.29, 0.717) is 17.9 Å². The lowest BCUT2D eigenvalue weighted by molar-refractivity contribution is -0.113. The second kappa shape index (κ2) is 5.69. The molecule has 0 bridgehead atoms. The Bertz CT molecular complexity index is 375. The van der Waals surface area contributed by atoms with Crippen molar-refractivity contribution in [1.29, 1.82) is 0 Å². The Morgan fingerprint density at radius 2 is 2.50 bits per heavy atom. The minimum Gasteiger partial charge on any atom is -0.481 e. The maximum Gasteiger partial charge on any atom is 0.188 e. The summed E-state index contributed by atoms with van der Waals surface area (Å²) >= 11 is 0. The smallest absolute Gasteiger partial charge is 0.188 e. The maximum atomic E-state index is 10.5. The van der Waals surface area contributed by atoms with Crippen LogP contribution in [0, 0.1) is 0 Å². The van der Waals surface area contributed by atoms with E-state index in [1.807, 2.05) is 6.92 Å². The molecule has 3 N–H and O–H groups in total. The Labute approximate surface area is 92.7 Å². The van der Waals surface area contributed by atoms with Crippen molar-refractivity contribution >= 4 is 12.1 Å². The Hall–Kier alpha value is -2.11. The van der Waals surface area contributed by atoms with Crippen LogP contribution in [0.1, 0.15) is 19.0 Å². The summed E-state index contributed by atoms with van der Waals surface area (Å²) in [6.45, 7) is 1.84. The summed E-state index contributed by atoms with van der Waals surface area (Å²) in [6, 6.07) is 3.15. The maximum absolute atomic E-state index is 10.5. The average Bonchev–Trinajstić information content (AvgIpc) is 2.35. The normalized spacial score (nSPS) is 13.2. The van der Waals surface area contributed by atoms with Crippen molar-refractivity contribution in [1.82, 2.24) is 4.98 Å². The molecule has 1 unspecified atom stereocenters. The Morgan fingerprint density at radius 1 is 1.75 bits per heavy atom. The van der Waals surface area contributed by atoms with Crippen molar-refractivity contribution in [3.05, 3.63) is 24.0 Å². The summed E-state index contributed by atoms with van der Waals surface area (Å²) in [5.74, 6) is 0.391. The Morgan fingerprint density at radius 3 is 2.94 bits per heavy atom. The lowest BCUT2D eigenvalue weighted by Crippen LogP contribution is -2.18. The van der Waals surface area contributed by atoms with E-state index in [0.717, 1.165) is 6.29 Å². The molecule has 1 aromatic rings. The van der Waals surface area contributed by atoms with E-state index in [1.165, 1.54) is 6.20 Å². The van der Waals surface area contributed by atoms with E-state index in [1.54, 1.807) is 12.1 Å². The molecule has 6 nitrogen and oxygen atoms in total. The van der Waals surface area contributed by atoms with Gasteiger partial charge < -0.3 is 15.7 Å². The van der Waals surface area contributed by atoms with Gasteiger partial charge in [0.15, 0.2) is 18.2 Å². The van der Waals surface area contributed by atoms with Gasteiger partial charge in [0, 0.05) is 0 Å². The summed E-state index contributed by atoms with van der Waals surface area (Å²) in [6.07, 6.45) is 2.26. The number of nitrogens with two attached hydrogens (primary N) is 1. The first kappa shape index (κ1) is 12.0. The number of oxime groups is 1. The van der Waals surface area contributed by atoms with Crippen molar-refractivity contribution in [3.63, 3.8) is 0 Å². The highest BCUT2D eigenvalue weighted by Crippen LogP contribution is 2.11. The number of aldehydes is 1. The van der Waals surface area contributed by atoms with E-state index in [2.05, 4.69) is 10.1 Å². The molecule has 0 aliphatic carbocycles. The zero-order valence-electron chi connectivity index (χ0n) is 8.83. The monoisotopic (exact) mass is 223 g/mol. The molecule has 0 fully saturated rings. The number of hydrogen-bond donors (Lipinski definition) is 2. The topological polar surface area (TPSA) is 97.8 Å². The SMILES string of the molecule is CCC(C=O)Oc1ccc(/C(N)=N/O)nc1. The van der Waals surface area contributed by atoms with Gasteiger partial charge in [0.2, 0.25) is 0 Å². The molecule has 1 aromatic heterocycles. The quantitative estimate of drug-likeness (QED) is 0.249. The molecular weight excluding hydrogens is 210 g/mol. The highest BCUT2D eigenvalue weighted by Gasteiger charge is 2.07. The van der Waals surface area contributed by atoms with Crippen LogP contribution in [0.5, 0.6) is 5.75 Å². The summed E-state index contributed by atoms with van der Waals surface area (Å²) in [4.78, 5) is 14.5. The zero-order chi connectivity index (χ0) is 12.0. The standard InChI is InChI=1S/C10H13N3O3/c1-2-7(6-14)16-8-3-4-9(12-5-8)10(11)13-15/h3-7,15H,2H2,1H3,(H2,11,13). The highest BCUT2D eigenvalue weighted by atomic mass is 16.5. The van der Waals surface area contributed by atoms with Gasteiger partial charge in [-0.05, 0) is 18.6 Å². The summed E-state index contributed by atoms with van der Waals surface area (Å²) in [5, 5.41) is 11.2. The van der Waals surface area contributed by atoms with Crippen LogP contribution >= 0.6 is 0 Å². The molecule has 0 aliphatic heterocycles. The van der Waals surface area contributed by atoms with Crippen molar-refractivity contribution in [2.24, 2.45) is 10.9 Å². The van der Waals surface area contributed by atoms with Crippen LogP contribution in [0.4, 0.5) is 0 Å². The molecule has 0 spiro atoms. The third-order valence-corrected chi connectivity index (χ3v) is 1.95. The first-order chi connectivity index (χ1) is 7.71. The lowest BCUT2D eigenvalue weighted by atomic mass is 10.3. The van der Waals surface area contributed by atoms with Crippen LogP contribution in [0.15, 0.2) is 23.5 Å². The Balaban J connectivity index is 2.75. The molecule has 16 heavy (non-hydrogen) atoms. The van der Waals surface area contributed by atoms with Crippen LogP contribution in [-0.2, 0) is 4.79 Å².